The number of amides is 1. The van der Waals surface area contributed by atoms with E-state index in [4.69, 9.17) is 32.7 Å². The second-order valence-electron chi connectivity index (χ2n) is 8.76. The molecule has 0 spiro atoms. The molecule has 178 valence electrons. The molecule has 2 aromatic rings. The molecule has 5 nitrogen and oxygen atoms in total. The third-order valence-electron chi connectivity index (χ3n) is 5.56. The molecule has 33 heavy (non-hydrogen) atoms. The van der Waals surface area contributed by atoms with Crippen LogP contribution < -0.4 is 0 Å². The summed E-state index contributed by atoms with van der Waals surface area (Å²) in [5.41, 5.74) is 1.76. The van der Waals surface area contributed by atoms with Gasteiger partial charge in [0.15, 0.2) is 0 Å². The number of rotatable bonds is 9. The Kier molecular flexibility index (Phi) is 9.19. The molecule has 7 heteroatoms. The van der Waals surface area contributed by atoms with Gasteiger partial charge >= 0.3 is 5.97 Å². The van der Waals surface area contributed by atoms with Crippen molar-refractivity contribution in [3.8, 4) is 0 Å². The Balaban J connectivity index is 1.99. The van der Waals surface area contributed by atoms with E-state index in [2.05, 4.69) is 6.92 Å². The highest BCUT2D eigenvalue weighted by atomic mass is 35.5. The van der Waals surface area contributed by atoms with Crippen molar-refractivity contribution < 1.29 is 19.1 Å². The second kappa shape index (κ2) is 11.9. The van der Waals surface area contributed by atoms with Crippen LogP contribution in [0.4, 0.5) is 0 Å². The predicted molar refractivity (Wildman–Crippen MR) is 130 cm³/mol. The Morgan fingerprint density at radius 2 is 1.82 bits per heavy atom. The summed E-state index contributed by atoms with van der Waals surface area (Å²) in [7, 11) is 0. The van der Waals surface area contributed by atoms with Crippen LogP contribution in [0, 0.1) is 5.92 Å². The SMILES string of the molecule is CCCCN1C(=O)[C@H](CC(=O)OCC(C)C)O[C@H](c2cccc(Cl)c2)[C@H]1c1ccc(Cl)cc1. The van der Waals surface area contributed by atoms with Crippen LogP contribution in [0.1, 0.15) is 63.3 Å². The van der Waals surface area contributed by atoms with Gasteiger partial charge in [0.2, 0.25) is 0 Å². The largest absolute Gasteiger partial charge is 0.465 e. The zero-order valence-corrected chi connectivity index (χ0v) is 20.8. The van der Waals surface area contributed by atoms with Gasteiger partial charge in [-0.25, -0.2) is 0 Å². The number of benzene rings is 2. The fourth-order valence-electron chi connectivity index (χ4n) is 3.94. The number of ether oxygens (including phenoxy) is 2. The minimum Gasteiger partial charge on any atom is -0.465 e. The number of carbonyl (C=O) groups excluding carboxylic acids is 2. The topological polar surface area (TPSA) is 55.8 Å². The van der Waals surface area contributed by atoms with E-state index in [0.29, 0.717) is 23.2 Å². The van der Waals surface area contributed by atoms with E-state index in [1.807, 2.05) is 61.2 Å². The number of nitrogens with zero attached hydrogens (tertiary/aromatic N) is 1. The summed E-state index contributed by atoms with van der Waals surface area (Å²) in [6.45, 7) is 6.88. The van der Waals surface area contributed by atoms with Gasteiger partial charge in [-0.2, -0.15) is 0 Å². The van der Waals surface area contributed by atoms with Crippen LogP contribution in [0.3, 0.4) is 0 Å². The van der Waals surface area contributed by atoms with E-state index < -0.39 is 18.2 Å². The van der Waals surface area contributed by atoms with Crippen LogP contribution in [-0.4, -0.2) is 36.0 Å². The standard InChI is InChI=1S/C26H31Cl2NO4/c1-4-5-13-29-24(18-9-11-20(27)12-10-18)25(19-7-6-8-21(28)14-19)33-22(26(29)31)15-23(30)32-16-17(2)3/h6-12,14,17,22,24-25H,4-5,13,15-16H2,1-3H3/t22-,24+,25+/m0/s1. The molecular weight excluding hydrogens is 461 g/mol. The van der Waals surface area contributed by atoms with Gasteiger partial charge in [0.1, 0.15) is 12.2 Å². The van der Waals surface area contributed by atoms with E-state index in [1.165, 1.54) is 0 Å². The van der Waals surface area contributed by atoms with Gasteiger partial charge in [-0.1, -0.05) is 74.7 Å². The number of halogens is 2. The molecule has 0 aromatic heterocycles. The predicted octanol–water partition coefficient (Wildman–Crippen LogP) is 6.39. The summed E-state index contributed by atoms with van der Waals surface area (Å²) < 4.78 is 11.7. The zero-order chi connectivity index (χ0) is 24.0. The summed E-state index contributed by atoms with van der Waals surface area (Å²) in [4.78, 5) is 27.8. The van der Waals surface area contributed by atoms with Crippen molar-refractivity contribution in [2.75, 3.05) is 13.2 Å². The fraction of sp³-hybridized carbons (Fsp3) is 0.462. The normalized spacial score (nSPS) is 20.8. The van der Waals surface area contributed by atoms with Gasteiger partial charge in [-0.15, -0.1) is 0 Å². The van der Waals surface area contributed by atoms with Crippen molar-refractivity contribution in [3.05, 3.63) is 69.7 Å². The molecule has 0 bridgehead atoms. The van der Waals surface area contributed by atoms with E-state index in [1.54, 1.807) is 6.07 Å². The van der Waals surface area contributed by atoms with E-state index >= 15 is 0 Å². The summed E-state index contributed by atoms with van der Waals surface area (Å²) in [6, 6.07) is 14.5. The Labute approximate surface area is 206 Å². The average Bonchev–Trinajstić information content (AvgIpc) is 2.78. The highest BCUT2D eigenvalue weighted by Gasteiger charge is 2.44. The average molecular weight is 492 g/mol. The van der Waals surface area contributed by atoms with Gasteiger partial charge in [0, 0.05) is 16.6 Å². The maximum absolute atomic E-state index is 13.5. The lowest BCUT2D eigenvalue weighted by atomic mass is 9.91. The first kappa shape index (κ1) is 25.5. The number of unbranched alkanes of at least 4 members (excludes halogenated alkanes) is 1. The van der Waals surface area contributed by atoms with Crippen LogP contribution in [0.15, 0.2) is 48.5 Å². The molecule has 0 saturated carbocycles. The van der Waals surface area contributed by atoms with Crippen LogP contribution in [-0.2, 0) is 19.1 Å². The molecule has 0 radical (unpaired) electrons. The van der Waals surface area contributed by atoms with Crippen molar-refractivity contribution >= 4 is 35.1 Å². The fourth-order valence-corrected chi connectivity index (χ4v) is 4.26. The minimum atomic E-state index is -0.922. The van der Waals surface area contributed by atoms with Crippen molar-refractivity contribution in [1.82, 2.24) is 4.90 Å². The molecule has 2 aromatic carbocycles. The molecule has 3 rings (SSSR count). The Morgan fingerprint density at radius 3 is 2.45 bits per heavy atom. The number of hydrogen-bond donors (Lipinski definition) is 0. The number of morpholine rings is 1. The van der Waals surface area contributed by atoms with Crippen LogP contribution in [0.5, 0.6) is 0 Å². The molecule has 0 aliphatic carbocycles. The highest BCUT2D eigenvalue weighted by molar-refractivity contribution is 6.30. The first-order chi connectivity index (χ1) is 15.8. The molecule has 1 aliphatic rings. The van der Waals surface area contributed by atoms with Gasteiger partial charge in [-0.3, -0.25) is 9.59 Å². The van der Waals surface area contributed by atoms with Gasteiger partial charge in [0.05, 0.1) is 19.1 Å². The van der Waals surface area contributed by atoms with Gasteiger partial charge in [0.25, 0.3) is 5.91 Å². The van der Waals surface area contributed by atoms with Gasteiger partial charge < -0.3 is 14.4 Å². The van der Waals surface area contributed by atoms with Crippen LogP contribution >= 0.6 is 23.2 Å². The maximum Gasteiger partial charge on any atom is 0.308 e. The summed E-state index contributed by atoms with van der Waals surface area (Å²) >= 11 is 12.4. The Hall–Kier alpha value is -2.08. The van der Waals surface area contributed by atoms with Crippen LogP contribution in [0.25, 0.3) is 0 Å². The Morgan fingerprint density at radius 1 is 1.09 bits per heavy atom. The molecule has 1 saturated heterocycles. The van der Waals surface area contributed by atoms with Crippen LogP contribution in [0.2, 0.25) is 10.0 Å². The lowest BCUT2D eigenvalue weighted by Gasteiger charge is -2.45. The van der Waals surface area contributed by atoms with E-state index in [0.717, 1.165) is 24.0 Å². The monoisotopic (exact) mass is 491 g/mol. The highest BCUT2D eigenvalue weighted by Crippen LogP contribution is 2.43. The molecule has 0 N–H and O–H groups in total. The Bertz CT molecular complexity index is 948. The smallest absolute Gasteiger partial charge is 0.308 e. The quantitative estimate of drug-likeness (QED) is 0.381. The molecule has 1 heterocycles. The third-order valence-corrected chi connectivity index (χ3v) is 6.05. The molecule has 1 aliphatic heterocycles. The first-order valence-electron chi connectivity index (χ1n) is 11.4. The number of carbonyl (C=O) groups is 2. The molecular formula is C26H31Cl2NO4. The second-order valence-corrected chi connectivity index (χ2v) is 9.64. The molecule has 3 atom stereocenters. The number of esters is 1. The molecule has 0 unspecified atom stereocenters. The van der Waals surface area contributed by atoms with Crippen molar-refractivity contribution in [2.24, 2.45) is 5.92 Å². The van der Waals surface area contributed by atoms with Gasteiger partial charge in [-0.05, 0) is 47.7 Å². The van der Waals surface area contributed by atoms with Crippen molar-refractivity contribution in [3.63, 3.8) is 0 Å². The van der Waals surface area contributed by atoms with Crippen molar-refractivity contribution in [1.29, 1.82) is 0 Å². The first-order valence-corrected chi connectivity index (χ1v) is 12.2. The minimum absolute atomic E-state index is 0.126. The molecule has 1 amide bonds. The number of hydrogen-bond acceptors (Lipinski definition) is 4. The lowest BCUT2D eigenvalue weighted by Crippen LogP contribution is -2.51. The molecule has 1 fully saturated rings. The van der Waals surface area contributed by atoms with Crippen molar-refractivity contribution in [2.45, 2.75) is 58.3 Å². The third kappa shape index (κ3) is 6.72. The summed E-state index contributed by atoms with van der Waals surface area (Å²) in [6.07, 6.45) is 0.221. The maximum atomic E-state index is 13.5. The summed E-state index contributed by atoms with van der Waals surface area (Å²) in [5.74, 6) is -0.429. The van der Waals surface area contributed by atoms with E-state index in [-0.39, 0.29) is 24.3 Å². The lowest BCUT2D eigenvalue weighted by molar-refractivity contribution is -0.180. The zero-order valence-electron chi connectivity index (χ0n) is 19.3. The summed E-state index contributed by atoms with van der Waals surface area (Å²) in [5, 5.41) is 1.20. The van der Waals surface area contributed by atoms with E-state index in [9.17, 15) is 9.59 Å².